The van der Waals surface area contributed by atoms with Gasteiger partial charge in [0, 0.05) is 22.7 Å². The van der Waals surface area contributed by atoms with Crippen molar-refractivity contribution < 1.29 is 33.6 Å². The molecule has 0 unspecified atom stereocenters. The molecule has 0 aromatic carbocycles. The van der Waals surface area contributed by atoms with Crippen LogP contribution >= 0.6 is 0 Å². The fraction of sp³-hybridized carbons (Fsp3) is 0.818. The topological polar surface area (TPSA) is 91.3 Å². The molecule has 2 saturated carbocycles. The predicted molar refractivity (Wildman–Crippen MR) is 100 cm³/mol. The molecule has 0 amide bonds. The summed E-state index contributed by atoms with van der Waals surface area (Å²) in [4.78, 5) is 26.3. The Labute approximate surface area is 170 Å². The van der Waals surface area contributed by atoms with Gasteiger partial charge in [0.2, 0.25) is 5.78 Å². The van der Waals surface area contributed by atoms with Gasteiger partial charge in [0.15, 0.2) is 5.76 Å². The van der Waals surface area contributed by atoms with E-state index >= 15 is 0 Å². The van der Waals surface area contributed by atoms with E-state index in [2.05, 4.69) is 6.92 Å². The van der Waals surface area contributed by atoms with Gasteiger partial charge in [-0.2, -0.15) is 0 Å². The minimum absolute atomic E-state index is 0.0506. The van der Waals surface area contributed by atoms with Crippen molar-refractivity contribution in [1.82, 2.24) is 0 Å². The monoisotopic (exact) mass is 406 g/mol. The minimum Gasteiger partial charge on any atom is -0.493 e. The molecule has 3 aliphatic carbocycles. The third kappa shape index (κ3) is 2.04. The van der Waals surface area contributed by atoms with Gasteiger partial charge < -0.3 is 24.1 Å². The maximum atomic E-state index is 13.7. The summed E-state index contributed by atoms with van der Waals surface area (Å²) < 4.78 is 23.3. The van der Waals surface area contributed by atoms with Crippen LogP contribution in [0.5, 0.6) is 0 Å². The number of methoxy groups -OCH3 is 1. The number of Topliss-reactive ketones (excluding diaryl/α,β-unsaturated/α-hetero) is 1. The fourth-order valence-corrected chi connectivity index (χ4v) is 7.74. The first-order valence-corrected chi connectivity index (χ1v) is 10.6. The van der Waals surface area contributed by atoms with Crippen molar-refractivity contribution in [2.45, 2.75) is 64.4 Å². The molecule has 2 saturated heterocycles. The van der Waals surface area contributed by atoms with E-state index in [4.69, 9.17) is 18.9 Å². The van der Waals surface area contributed by atoms with Gasteiger partial charge in [0.1, 0.15) is 12.9 Å². The lowest BCUT2D eigenvalue weighted by molar-refractivity contribution is -0.315. The summed E-state index contributed by atoms with van der Waals surface area (Å²) >= 11 is 0. The first kappa shape index (κ1) is 19.5. The number of carbonyl (C=O) groups is 2. The number of fused-ring (bicyclic) bond motifs is 4. The standard InChI is InChI=1S/C22H30O7/c1-10-6-13(26-5)19(24)20(3)12(10)7-14-21(4)18(20)17-16(27-9-28-17)11(2)22(21,25)8-15(23)29-14/h6,10-12,14,16-18,25H,7-9H2,1-5H3/t10-,11+,12+,14-,16+,17-,18-,20+,21-,22-/m1/s1. The Hall–Kier alpha value is -1.44. The predicted octanol–water partition coefficient (Wildman–Crippen LogP) is 1.82. The van der Waals surface area contributed by atoms with Crippen LogP contribution in [0.2, 0.25) is 0 Å². The zero-order valence-electron chi connectivity index (χ0n) is 17.6. The van der Waals surface area contributed by atoms with E-state index < -0.39 is 22.5 Å². The Balaban J connectivity index is 1.76. The van der Waals surface area contributed by atoms with Crippen molar-refractivity contribution in [2.24, 2.45) is 34.5 Å². The Kier molecular flexibility index (Phi) is 3.92. The van der Waals surface area contributed by atoms with Gasteiger partial charge in [0.25, 0.3) is 0 Å². The average Bonchev–Trinajstić information content (AvgIpc) is 3.13. The molecule has 0 bridgehead atoms. The van der Waals surface area contributed by atoms with E-state index in [0.29, 0.717) is 12.2 Å². The second-order valence-corrected chi connectivity index (χ2v) is 10.1. The van der Waals surface area contributed by atoms with E-state index in [0.717, 1.165) is 0 Å². The van der Waals surface area contributed by atoms with Crippen molar-refractivity contribution in [1.29, 1.82) is 0 Å². The van der Waals surface area contributed by atoms with Gasteiger partial charge in [-0.25, -0.2) is 0 Å². The zero-order chi connectivity index (χ0) is 20.9. The normalized spacial score (nSPS) is 55.9. The van der Waals surface area contributed by atoms with Gasteiger partial charge in [-0.05, 0) is 24.3 Å². The molecular weight excluding hydrogens is 376 g/mol. The van der Waals surface area contributed by atoms with Gasteiger partial charge >= 0.3 is 5.97 Å². The summed E-state index contributed by atoms with van der Waals surface area (Å²) in [6, 6.07) is 0. The van der Waals surface area contributed by atoms with Crippen LogP contribution in [0.15, 0.2) is 11.8 Å². The van der Waals surface area contributed by atoms with Crippen LogP contribution in [0, 0.1) is 34.5 Å². The minimum atomic E-state index is -1.33. The second kappa shape index (κ2) is 5.83. The van der Waals surface area contributed by atoms with E-state index in [1.807, 2.05) is 26.8 Å². The smallest absolute Gasteiger partial charge is 0.309 e. The molecule has 0 aromatic rings. The number of hydrogen-bond donors (Lipinski definition) is 1. The number of rotatable bonds is 1. The summed E-state index contributed by atoms with van der Waals surface area (Å²) in [5, 5.41) is 12.0. The molecule has 4 fully saturated rings. The molecule has 1 N–H and O–H groups in total. The molecule has 0 radical (unpaired) electrons. The number of aliphatic hydroxyl groups is 1. The van der Waals surface area contributed by atoms with Crippen molar-refractivity contribution in [2.75, 3.05) is 13.9 Å². The lowest BCUT2D eigenvalue weighted by Crippen LogP contribution is -2.79. The van der Waals surface area contributed by atoms with Crippen molar-refractivity contribution in [3.05, 3.63) is 11.8 Å². The zero-order valence-corrected chi connectivity index (χ0v) is 17.6. The largest absolute Gasteiger partial charge is 0.493 e. The molecule has 7 nitrogen and oxygen atoms in total. The third-order valence-electron chi connectivity index (χ3n) is 9.22. The lowest BCUT2D eigenvalue weighted by atomic mass is 9.37. The molecule has 29 heavy (non-hydrogen) atoms. The molecular formula is C22H30O7. The molecule has 160 valence electrons. The quantitative estimate of drug-likeness (QED) is 0.664. The molecule has 10 atom stereocenters. The average molecular weight is 406 g/mol. The van der Waals surface area contributed by atoms with Gasteiger partial charge in [0.05, 0.1) is 31.3 Å². The molecule has 7 heteroatoms. The highest BCUT2D eigenvalue weighted by Crippen LogP contribution is 2.70. The number of carbonyl (C=O) groups excluding carboxylic acids is 2. The van der Waals surface area contributed by atoms with E-state index in [1.54, 1.807) is 0 Å². The molecule has 0 aromatic heterocycles. The van der Waals surface area contributed by atoms with Crippen molar-refractivity contribution in [3.8, 4) is 0 Å². The molecule has 5 rings (SSSR count). The summed E-state index contributed by atoms with van der Waals surface area (Å²) in [6.07, 6.45) is 1.11. The van der Waals surface area contributed by atoms with E-state index in [9.17, 15) is 14.7 Å². The van der Waals surface area contributed by atoms with Crippen LogP contribution in [0.3, 0.4) is 0 Å². The van der Waals surface area contributed by atoms with E-state index in [-0.39, 0.29) is 60.8 Å². The number of ketones is 1. The third-order valence-corrected chi connectivity index (χ3v) is 9.22. The Morgan fingerprint density at radius 1 is 1.17 bits per heavy atom. The maximum Gasteiger partial charge on any atom is 0.309 e. The summed E-state index contributed by atoms with van der Waals surface area (Å²) in [5.74, 6) is -0.755. The highest BCUT2D eigenvalue weighted by atomic mass is 16.7. The van der Waals surface area contributed by atoms with Crippen LogP contribution < -0.4 is 0 Å². The molecule has 2 aliphatic heterocycles. The van der Waals surface area contributed by atoms with Crippen molar-refractivity contribution in [3.63, 3.8) is 0 Å². The second-order valence-electron chi connectivity index (χ2n) is 10.1. The Morgan fingerprint density at radius 3 is 2.55 bits per heavy atom. The van der Waals surface area contributed by atoms with Crippen LogP contribution in [0.4, 0.5) is 0 Å². The first-order chi connectivity index (χ1) is 13.6. The Morgan fingerprint density at radius 2 is 1.86 bits per heavy atom. The summed E-state index contributed by atoms with van der Waals surface area (Å²) in [5.41, 5.74) is -2.98. The highest BCUT2D eigenvalue weighted by Gasteiger charge is 2.78. The fourth-order valence-electron chi connectivity index (χ4n) is 7.74. The number of hydrogen-bond acceptors (Lipinski definition) is 7. The van der Waals surface area contributed by atoms with Crippen LogP contribution in [-0.4, -0.2) is 54.7 Å². The Bertz CT molecular complexity index is 807. The summed E-state index contributed by atoms with van der Waals surface area (Å²) in [6.45, 7) is 8.08. The molecule has 5 aliphatic rings. The van der Waals surface area contributed by atoms with E-state index in [1.165, 1.54) is 7.11 Å². The summed E-state index contributed by atoms with van der Waals surface area (Å²) in [7, 11) is 1.52. The lowest BCUT2D eigenvalue weighted by Gasteiger charge is -2.70. The van der Waals surface area contributed by atoms with Crippen LogP contribution in [0.1, 0.15) is 40.5 Å². The van der Waals surface area contributed by atoms with Crippen LogP contribution in [0.25, 0.3) is 0 Å². The first-order valence-electron chi connectivity index (χ1n) is 10.6. The van der Waals surface area contributed by atoms with Crippen LogP contribution in [-0.2, 0) is 28.5 Å². The highest BCUT2D eigenvalue weighted by molar-refractivity contribution is 6.00. The van der Waals surface area contributed by atoms with Gasteiger partial charge in [-0.1, -0.05) is 27.7 Å². The number of ether oxygens (including phenoxy) is 4. The number of allylic oxidation sites excluding steroid dienone is 2. The SMILES string of the molecule is COC1=C[C@@H](C)[C@@H]2C[C@H]3OC(=O)C[C@@]4(O)[C@@H](C)[C@@H]5OCO[C@H]5[C@H]([C@@]2(C)C1=O)[C@@]34C. The van der Waals surface area contributed by atoms with Gasteiger partial charge in [-0.15, -0.1) is 0 Å². The van der Waals surface area contributed by atoms with Gasteiger partial charge in [-0.3, -0.25) is 9.59 Å². The van der Waals surface area contributed by atoms with Crippen molar-refractivity contribution >= 4 is 11.8 Å². The molecule has 0 spiro atoms. The molecule has 2 heterocycles. The number of esters is 1. The maximum absolute atomic E-state index is 13.7.